The standard InChI is InChI=1S/C44H28N2S2/c1-2-8-29(9-3-1)30-16-18-31(19-17-30)32-20-21-39-40(28-32)42(34-11-7-13-36(27-34)44-46-23-25-48-44)38-15-5-4-14-37(38)41(39)33-10-6-12-35(26-33)43-45-22-24-47-43/h1-28H. The van der Waals surface area contributed by atoms with Crippen molar-refractivity contribution in [3.8, 4) is 65.6 Å². The van der Waals surface area contributed by atoms with Gasteiger partial charge < -0.3 is 0 Å². The molecule has 0 unspecified atom stereocenters. The van der Waals surface area contributed by atoms with Gasteiger partial charge >= 0.3 is 0 Å². The van der Waals surface area contributed by atoms with E-state index in [2.05, 4.69) is 156 Å². The van der Waals surface area contributed by atoms with Crippen molar-refractivity contribution < 1.29 is 0 Å². The Morgan fingerprint density at radius 2 is 0.750 bits per heavy atom. The molecule has 0 aliphatic rings. The number of aromatic nitrogens is 2. The number of rotatable bonds is 6. The van der Waals surface area contributed by atoms with Gasteiger partial charge in [-0.3, -0.25) is 0 Å². The van der Waals surface area contributed by atoms with Crippen LogP contribution in [-0.2, 0) is 0 Å². The number of fused-ring (bicyclic) bond motifs is 2. The van der Waals surface area contributed by atoms with E-state index in [-0.39, 0.29) is 0 Å². The molecular weight excluding hydrogens is 621 g/mol. The summed E-state index contributed by atoms with van der Waals surface area (Å²) in [6, 6.07) is 53.0. The van der Waals surface area contributed by atoms with Gasteiger partial charge in [-0.05, 0) is 84.3 Å². The maximum absolute atomic E-state index is 4.63. The van der Waals surface area contributed by atoms with Gasteiger partial charge in [0.05, 0.1) is 0 Å². The lowest BCUT2D eigenvalue weighted by atomic mass is 9.84. The maximum atomic E-state index is 4.63. The van der Waals surface area contributed by atoms with Crippen molar-refractivity contribution in [1.29, 1.82) is 0 Å². The van der Waals surface area contributed by atoms with E-state index >= 15 is 0 Å². The quantitative estimate of drug-likeness (QED) is 0.168. The van der Waals surface area contributed by atoms with E-state index in [0.29, 0.717) is 0 Å². The van der Waals surface area contributed by atoms with Crippen molar-refractivity contribution >= 4 is 44.2 Å². The smallest absolute Gasteiger partial charge is 0.123 e. The minimum absolute atomic E-state index is 1.03. The molecule has 0 atom stereocenters. The Bertz CT molecular complexity index is 2530. The van der Waals surface area contributed by atoms with Crippen LogP contribution >= 0.6 is 22.7 Å². The van der Waals surface area contributed by atoms with Crippen LogP contribution < -0.4 is 0 Å². The predicted molar refractivity (Wildman–Crippen MR) is 205 cm³/mol. The van der Waals surface area contributed by atoms with E-state index in [1.165, 1.54) is 66.1 Å². The Hall–Kier alpha value is -5.68. The van der Waals surface area contributed by atoms with Gasteiger partial charge in [0.15, 0.2) is 0 Å². The van der Waals surface area contributed by atoms with E-state index in [9.17, 15) is 0 Å². The normalized spacial score (nSPS) is 11.3. The van der Waals surface area contributed by atoms with Gasteiger partial charge in [0.25, 0.3) is 0 Å². The highest BCUT2D eigenvalue weighted by molar-refractivity contribution is 7.13. The molecule has 0 fully saturated rings. The van der Waals surface area contributed by atoms with Crippen molar-refractivity contribution in [2.24, 2.45) is 0 Å². The summed E-state index contributed by atoms with van der Waals surface area (Å²) in [5.41, 5.74) is 11.9. The molecule has 0 radical (unpaired) electrons. The lowest BCUT2D eigenvalue weighted by Crippen LogP contribution is -1.92. The Labute approximate surface area is 287 Å². The highest BCUT2D eigenvalue weighted by atomic mass is 32.1. The third-order valence-corrected chi connectivity index (χ3v) is 10.7. The Balaban J connectivity index is 1.30. The molecule has 0 saturated carbocycles. The first-order valence-electron chi connectivity index (χ1n) is 16.0. The third-order valence-electron chi connectivity index (χ3n) is 9.01. The van der Waals surface area contributed by atoms with Crippen LogP contribution in [-0.4, -0.2) is 9.97 Å². The molecule has 2 aromatic heterocycles. The summed E-state index contributed by atoms with van der Waals surface area (Å²) < 4.78 is 0. The fraction of sp³-hybridized carbons (Fsp3) is 0. The SMILES string of the molecule is c1ccc(-c2ccc(-c3ccc4c(-c5cccc(-c6nccs6)c5)c5ccccc5c(-c5cccc(-c6nccs6)c5)c4c3)cc2)cc1. The molecule has 226 valence electrons. The predicted octanol–water partition coefficient (Wildman–Crippen LogP) is 12.9. The van der Waals surface area contributed by atoms with E-state index in [4.69, 9.17) is 0 Å². The van der Waals surface area contributed by atoms with Gasteiger partial charge in [0, 0.05) is 34.3 Å². The van der Waals surface area contributed by atoms with Crippen molar-refractivity contribution in [3.05, 3.63) is 169 Å². The van der Waals surface area contributed by atoms with E-state index < -0.39 is 0 Å². The Kier molecular flexibility index (Phi) is 7.23. The molecule has 4 heteroatoms. The molecule has 48 heavy (non-hydrogen) atoms. The number of nitrogens with zero attached hydrogens (tertiary/aromatic N) is 2. The minimum atomic E-state index is 1.03. The lowest BCUT2D eigenvalue weighted by molar-refractivity contribution is 1.41. The zero-order valence-electron chi connectivity index (χ0n) is 25.9. The minimum Gasteiger partial charge on any atom is -0.245 e. The first-order valence-corrected chi connectivity index (χ1v) is 17.7. The van der Waals surface area contributed by atoms with Crippen LogP contribution in [0.25, 0.3) is 87.2 Å². The second-order valence-corrected chi connectivity index (χ2v) is 13.6. The van der Waals surface area contributed by atoms with Crippen LogP contribution in [0.4, 0.5) is 0 Å². The van der Waals surface area contributed by atoms with Gasteiger partial charge in [0.1, 0.15) is 10.0 Å². The Morgan fingerprint density at radius 1 is 0.312 bits per heavy atom. The summed E-state index contributed by atoms with van der Waals surface area (Å²) in [6.07, 6.45) is 3.75. The molecule has 0 N–H and O–H groups in total. The molecular formula is C44H28N2S2. The van der Waals surface area contributed by atoms with E-state index in [0.717, 1.165) is 21.1 Å². The first-order chi connectivity index (χ1) is 23.8. The lowest BCUT2D eigenvalue weighted by Gasteiger charge is -2.19. The molecule has 0 amide bonds. The summed E-state index contributed by atoms with van der Waals surface area (Å²) >= 11 is 3.34. The second-order valence-electron chi connectivity index (χ2n) is 11.8. The molecule has 0 bridgehead atoms. The molecule has 0 aliphatic carbocycles. The highest BCUT2D eigenvalue weighted by Gasteiger charge is 2.19. The van der Waals surface area contributed by atoms with Crippen molar-refractivity contribution in [3.63, 3.8) is 0 Å². The topological polar surface area (TPSA) is 25.8 Å². The second kappa shape index (κ2) is 12.2. The summed E-state index contributed by atoms with van der Waals surface area (Å²) in [7, 11) is 0. The molecule has 9 aromatic rings. The molecule has 2 heterocycles. The largest absolute Gasteiger partial charge is 0.245 e. The average Bonchev–Trinajstić information content (AvgIpc) is 3.90. The van der Waals surface area contributed by atoms with Gasteiger partial charge in [-0.2, -0.15) is 0 Å². The fourth-order valence-electron chi connectivity index (χ4n) is 6.81. The van der Waals surface area contributed by atoms with Gasteiger partial charge in [-0.15, -0.1) is 22.7 Å². The summed E-state index contributed by atoms with van der Waals surface area (Å²) in [6.45, 7) is 0. The molecule has 9 rings (SSSR count). The van der Waals surface area contributed by atoms with Gasteiger partial charge in [-0.1, -0.05) is 127 Å². The molecule has 0 saturated heterocycles. The number of hydrogen-bond acceptors (Lipinski definition) is 4. The summed E-state index contributed by atoms with van der Waals surface area (Å²) in [5.74, 6) is 0. The zero-order valence-corrected chi connectivity index (χ0v) is 27.5. The molecule has 7 aromatic carbocycles. The number of hydrogen-bond donors (Lipinski definition) is 0. The van der Waals surface area contributed by atoms with Crippen molar-refractivity contribution in [2.45, 2.75) is 0 Å². The highest BCUT2D eigenvalue weighted by Crippen LogP contribution is 2.46. The van der Waals surface area contributed by atoms with Crippen LogP contribution in [0.1, 0.15) is 0 Å². The third kappa shape index (κ3) is 5.12. The fourth-order valence-corrected chi connectivity index (χ4v) is 8.08. The van der Waals surface area contributed by atoms with Crippen LogP contribution in [0.5, 0.6) is 0 Å². The van der Waals surface area contributed by atoms with Crippen LogP contribution in [0.3, 0.4) is 0 Å². The van der Waals surface area contributed by atoms with Crippen LogP contribution in [0, 0.1) is 0 Å². The summed E-state index contributed by atoms with van der Waals surface area (Å²) in [5, 5.41) is 11.0. The zero-order chi connectivity index (χ0) is 31.9. The molecule has 0 spiro atoms. The van der Waals surface area contributed by atoms with Gasteiger partial charge in [0.2, 0.25) is 0 Å². The maximum Gasteiger partial charge on any atom is 0.123 e. The van der Waals surface area contributed by atoms with E-state index in [1.54, 1.807) is 22.7 Å². The number of thiazole rings is 2. The van der Waals surface area contributed by atoms with Crippen molar-refractivity contribution in [2.75, 3.05) is 0 Å². The van der Waals surface area contributed by atoms with Crippen molar-refractivity contribution in [1.82, 2.24) is 9.97 Å². The van der Waals surface area contributed by atoms with E-state index in [1.807, 2.05) is 23.2 Å². The average molecular weight is 649 g/mol. The monoisotopic (exact) mass is 648 g/mol. The molecule has 0 aliphatic heterocycles. The first kappa shape index (κ1) is 28.5. The molecule has 2 nitrogen and oxygen atoms in total. The van der Waals surface area contributed by atoms with Gasteiger partial charge in [-0.25, -0.2) is 9.97 Å². The number of benzene rings is 7. The Morgan fingerprint density at radius 3 is 1.31 bits per heavy atom. The van der Waals surface area contributed by atoms with Crippen LogP contribution in [0.2, 0.25) is 0 Å². The summed E-state index contributed by atoms with van der Waals surface area (Å²) in [4.78, 5) is 9.24. The van der Waals surface area contributed by atoms with Crippen LogP contribution in [0.15, 0.2) is 169 Å².